The van der Waals surface area contributed by atoms with E-state index in [1.165, 1.54) is 23.1 Å². The van der Waals surface area contributed by atoms with Crippen molar-refractivity contribution in [2.45, 2.75) is 4.90 Å². The molecule has 5 rings (SSSR count). The highest BCUT2D eigenvalue weighted by Crippen LogP contribution is 2.28. The van der Waals surface area contributed by atoms with Gasteiger partial charge in [-0.1, -0.05) is 36.4 Å². The lowest BCUT2D eigenvalue weighted by Crippen LogP contribution is -2.30. The Hall–Kier alpha value is -4.71. The molecule has 43 heavy (non-hydrogen) atoms. The van der Waals surface area contributed by atoms with Gasteiger partial charge in [0.15, 0.2) is 5.13 Å². The maximum absolute atomic E-state index is 13.3. The molecule has 2 aromatic heterocycles. The summed E-state index contributed by atoms with van der Waals surface area (Å²) in [4.78, 5) is 45.0. The van der Waals surface area contributed by atoms with E-state index < -0.39 is 11.8 Å². The van der Waals surface area contributed by atoms with Gasteiger partial charge < -0.3 is 20.7 Å². The van der Waals surface area contributed by atoms with E-state index in [0.717, 1.165) is 15.5 Å². The van der Waals surface area contributed by atoms with E-state index in [-0.39, 0.29) is 17.4 Å². The van der Waals surface area contributed by atoms with Crippen molar-refractivity contribution in [3.8, 4) is 16.3 Å². The van der Waals surface area contributed by atoms with Crippen LogP contribution in [0.25, 0.3) is 16.6 Å². The molecule has 0 atom stereocenters. The first-order valence-electron chi connectivity index (χ1n) is 13.0. The fourth-order valence-corrected chi connectivity index (χ4v) is 6.03. The number of thiazole rings is 1. The number of benzene rings is 3. The third-order valence-corrected chi connectivity index (χ3v) is 8.60. The van der Waals surface area contributed by atoms with Gasteiger partial charge in [0.25, 0.3) is 11.8 Å². The largest absolute Gasteiger partial charge is 0.497 e. The molecule has 3 N–H and O–H groups in total. The molecular formula is C32H26N4O4S3. The number of ether oxygens (including phenoxy) is 1. The second-order valence-electron chi connectivity index (χ2n) is 8.99. The van der Waals surface area contributed by atoms with Crippen molar-refractivity contribution in [3.63, 3.8) is 0 Å². The molecule has 0 saturated heterocycles. The van der Waals surface area contributed by atoms with Crippen LogP contribution in [0.4, 0.5) is 10.8 Å². The van der Waals surface area contributed by atoms with Gasteiger partial charge in [-0.15, -0.1) is 34.4 Å². The van der Waals surface area contributed by atoms with Gasteiger partial charge in [0.2, 0.25) is 5.91 Å². The van der Waals surface area contributed by atoms with E-state index in [1.54, 1.807) is 79.1 Å². The Morgan fingerprint density at radius 2 is 1.72 bits per heavy atom. The summed E-state index contributed by atoms with van der Waals surface area (Å²) in [6.45, 7) is 0. The lowest BCUT2D eigenvalue weighted by molar-refractivity contribution is -0.114. The van der Waals surface area contributed by atoms with Gasteiger partial charge in [0.1, 0.15) is 11.4 Å². The van der Waals surface area contributed by atoms with Crippen LogP contribution < -0.4 is 20.7 Å². The summed E-state index contributed by atoms with van der Waals surface area (Å²) in [7, 11) is 1.56. The highest BCUT2D eigenvalue weighted by atomic mass is 32.2. The molecule has 0 bridgehead atoms. The first-order valence-corrected chi connectivity index (χ1v) is 15.8. The van der Waals surface area contributed by atoms with E-state index in [9.17, 15) is 14.4 Å². The summed E-state index contributed by atoms with van der Waals surface area (Å²) in [6.07, 6.45) is 1.59. The summed E-state index contributed by atoms with van der Waals surface area (Å²) >= 11 is 4.36. The molecule has 3 amide bonds. The molecule has 3 aromatic carbocycles. The zero-order valence-corrected chi connectivity index (χ0v) is 25.4. The zero-order chi connectivity index (χ0) is 30.0. The number of nitrogens with zero attached hydrogens (tertiary/aromatic N) is 1. The summed E-state index contributed by atoms with van der Waals surface area (Å²) in [5.74, 6) is -0.221. The Morgan fingerprint density at radius 1 is 0.907 bits per heavy atom. The summed E-state index contributed by atoms with van der Waals surface area (Å²) in [6, 6.07) is 26.9. The van der Waals surface area contributed by atoms with Crippen molar-refractivity contribution in [2.75, 3.05) is 23.5 Å². The maximum Gasteiger partial charge on any atom is 0.272 e. The molecule has 0 aliphatic rings. The third kappa shape index (κ3) is 8.41. The van der Waals surface area contributed by atoms with E-state index in [4.69, 9.17) is 4.74 Å². The van der Waals surface area contributed by atoms with Crippen molar-refractivity contribution >= 4 is 69.1 Å². The zero-order valence-electron chi connectivity index (χ0n) is 22.9. The van der Waals surface area contributed by atoms with Gasteiger partial charge in [-0.2, -0.15) is 0 Å². The lowest BCUT2D eigenvalue weighted by Gasteiger charge is -2.12. The standard InChI is InChI=1S/C32H26N4O4S3/c1-40-24-10-5-7-21(17-24)18-26(34-30(38)22-8-3-2-4-9-22)31(39)33-23-12-14-25(15-13-23)42-20-29(37)36-32-35-27(19-43-32)28-11-6-16-41-28/h2-19H,20H2,1H3,(H,33,39)(H,34,38)(H,35,36,37)/b26-18-. The second-order valence-corrected chi connectivity index (χ2v) is 11.8. The van der Waals surface area contributed by atoms with Gasteiger partial charge in [-0.3, -0.25) is 14.4 Å². The number of hydrogen-bond acceptors (Lipinski definition) is 8. The average Bonchev–Trinajstić information content (AvgIpc) is 3.74. The third-order valence-electron chi connectivity index (χ3n) is 5.94. The Morgan fingerprint density at radius 3 is 2.47 bits per heavy atom. The van der Waals surface area contributed by atoms with Crippen LogP contribution in [-0.4, -0.2) is 35.6 Å². The smallest absolute Gasteiger partial charge is 0.272 e. The number of hydrogen-bond donors (Lipinski definition) is 3. The van der Waals surface area contributed by atoms with Crippen LogP contribution in [0.1, 0.15) is 15.9 Å². The SMILES string of the molecule is COc1cccc(/C=C(\NC(=O)c2ccccc2)C(=O)Nc2ccc(SCC(=O)Nc3nc(-c4cccs4)cs3)cc2)c1. The first kappa shape index (κ1) is 29.8. The van der Waals surface area contributed by atoms with E-state index in [0.29, 0.717) is 27.7 Å². The predicted octanol–water partition coefficient (Wildman–Crippen LogP) is 7.02. The number of nitrogens with one attached hydrogen (secondary N) is 3. The number of amides is 3. The van der Waals surface area contributed by atoms with Gasteiger partial charge in [0.05, 0.1) is 23.4 Å². The minimum absolute atomic E-state index is 0.0710. The van der Waals surface area contributed by atoms with Crippen LogP contribution in [0.2, 0.25) is 0 Å². The van der Waals surface area contributed by atoms with Crippen molar-refractivity contribution < 1.29 is 19.1 Å². The quantitative estimate of drug-likeness (QED) is 0.107. The van der Waals surface area contributed by atoms with Gasteiger partial charge >= 0.3 is 0 Å². The average molecular weight is 627 g/mol. The van der Waals surface area contributed by atoms with E-state index in [2.05, 4.69) is 20.9 Å². The molecule has 5 aromatic rings. The van der Waals surface area contributed by atoms with Crippen LogP contribution in [0, 0.1) is 0 Å². The molecule has 2 heterocycles. The second kappa shape index (κ2) is 14.5. The van der Waals surface area contributed by atoms with E-state index >= 15 is 0 Å². The Balaban J connectivity index is 1.20. The molecule has 216 valence electrons. The van der Waals surface area contributed by atoms with Crippen molar-refractivity contribution in [1.29, 1.82) is 0 Å². The van der Waals surface area contributed by atoms with E-state index in [1.807, 2.05) is 47.2 Å². The number of carbonyl (C=O) groups is 3. The van der Waals surface area contributed by atoms with Crippen LogP contribution >= 0.6 is 34.4 Å². The number of aromatic nitrogens is 1. The summed E-state index contributed by atoms with van der Waals surface area (Å²) in [5.41, 5.74) is 2.56. The molecule has 0 aliphatic carbocycles. The summed E-state index contributed by atoms with van der Waals surface area (Å²) in [5, 5.41) is 12.9. The summed E-state index contributed by atoms with van der Waals surface area (Å²) < 4.78 is 5.29. The fourth-order valence-electron chi connectivity index (χ4n) is 3.85. The molecule has 0 saturated carbocycles. The lowest BCUT2D eigenvalue weighted by atomic mass is 10.1. The molecule has 0 unspecified atom stereocenters. The monoisotopic (exact) mass is 626 g/mol. The minimum atomic E-state index is -0.489. The Bertz CT molecular complexity index is 1730. The normalized spacial score (nSPS) is 11.0. The molecule has 8 nitrogen and oxygen atoms in total. The first-order chi connectivity index (χ1) is 21.0. The maximum atomic E-state index is 13.3. The number of rotatable bonds is 11. The predicted molar refractivity (Wildman–Crippen MR) is 175 cm³/mol. The van der Waals surface area contributed by atoms with Crippen LogP contribution in [0.3, 0.4) is 0 Å². The highest BCUT2D eigenvalue weighted by Gasteiger charge is 2.16. The van der Waals surface area contributed by atoms with Crippen molar-refractivity contribution in [2.24, 2.45) is 0 Å². The van der Waals surface area contributed by atoms with Gasteiger partial charge in [-0.25, -0.2) is 4.98 Å². The minimum Gasteiger partial charge on any atom is -0.497 e. The molecular weight excluding hydrogens is 601 g/mol. The molecule has 0 spiro atoms. The van der Waals surface area contributed by atoms with Crippen molar-refractivity contribution in [1.82, 2.24) is 10.3 Å². The molecule has 0 fully saturated rings. The molecule has 0 radical (unpaired) electrons. The van der Waals surface area contributed by atoms with Gasteiger partial charge in [-0.05, 0) is 71.6 Å². The number of thiophene rings is 1. The topological polar surface area (TPSA) is 109 Å². The van der Waals surface area contributed by atoms with Crippen molar-refractivity contribution in [3.05, 3.63) is 119 Å². The van der Waals surface area contributed by atoms with Gasteiger partial charge in [0, 0.05) is 21.5 Å². The number of carbonyl (C=O) groups excluding carboxylic acids is 3. The van der Waals surface area contributed by atoms with Crippen LogP contribution in [0.5, 0.6) is 5.75 Å². The van der Waals surface area contributed by atoms with Crippen LogP contribution in [0.15, 0.2) is 112 Å². The number of methoxy groups -OCH3 is 1. The fraction of sp³-hybridized carbons (Fsp3) is 0.0625. The molecule has 0 aliphatic heterocycles. The molecule has 11 heteroatoms. The Labute approximate surface area is 260 Å². The number of anilines is 2. The highest BCUT2D eigenvalue weighted by molar-refractivity contribution is 8.00. The number of thioether (sulfide) groups is 1. The Kier molecular flexibility index (Phi) is 10.0. The van der Waals surface area contributed by atoms with Crippen LogP contribution in [-0.2, 0) is 9.59 Å².